The van der Waals surface area contributed by atoms with Crippen LogP contribution < -0.4 is 10.1 Å². The first kappa shape index (κ1) is 15.3. The van der Waals surface area contributed by atoms with Crippen molar-refractivity contribution in [1.82, 2.24) is 5.32 Å². The van der Waals surface area contributed by atoms with E-state index in [1.54, 1.807) is 12.1 Å². The first-order chi connectivity index (χ1) is 12.1. The lowest BCUT2D eigenvalue weighted by atomic mass is 9.94. The van der Waals surface area contributed by atoms with Gasteiger partial charge < -0.3 is 10.1 Å². The van der Waals surface area contributed by atoms with Crippen molar-refractivity contribution in [3.63, 3.8) is 0 Å². The number of halogens is 2. The van der Waals surface area contributed by atoms with Crippen LogP contribution in [0.25, 0.3) is 0 Å². The van der Waals surface area contributed by atoms with Crippen molar-refractivity contribution in [2.24, 2.45) is 0 Å². The molecule has 0 fully saturated rings. The first-order valence-corrected chi connectivity index (χ1v) is 7.75. The van der Waals surface area contributed by atoms with E-state index in [9.17, 15) is 13.6 Å². The van der Waals surface area contributed by atoms with Crippen molar-refractivity contribution in [2.75, 3.05) is 0 Å². The lowest BCUT2D eigenvalue weighted by Gasteiger charge is -2.28. The van der Waals surface area contributed by atoms with Crippen LogP contribution in [-0.2, 0) is 0 Å². The minimum Gasteiger partial charge on any atom is -0.457 e. The Bertz CT molecular complexity index is 926. The number of benzene rings is 3. The highest BCUT2D eigenvalue weighted by Gasteiger charge is 2.29. The summed E-state index contributed by atoms with van der Waals surface area (Å²) in [7, 11) is 0. The molecular formula is C20H13F2NO2. The Kier molecular flexibility index (Phi) is 3.69. The standard InChI is InChI=1S/C20H13F2NO2/c21-12-9-10-16(22)15(11-12)20(24)23-19-13-5-1-3-7-17(13)25-18-8-4-2-6-14(18)19/h1-11,19H,(H,23,24). The summed E-state index contributed by atoms with van der Waals surface area (Å²) >= 11 is 0. The van der Waals surface area contributed by atoms with Gasteiger partial charge in [-0.2, -0.15) is 0 Å². The molecule has 1 aliphatic heterocycles. The fraction of sp³-hybridized carbons (Fsp3) is 0.0500. The van der Waals surface area contributed by atoms with E-state index in [0.29, 0.717) is 11.5 Å². The fourth-order valence-electron chi connectivity index (χ4n) is 2.95. The molecule has 0 atom stereocenters. The van der Waals surface area contributed by atoms with Crippen LogP contribution in [0.1, 0.15) is 27.5 Å². The van der Waals surface area contributed by atoms with E-state index >= 15 is 0 Å². The zero-order chi connectivity index (χ0) is 17.4. The third-order valence-corrected chi connectivity index (χ3v) is 4.13. The van der Waals surface area contributed by atoms with Gasteiger partial charge in [-0.25, -0.2) is 8.78 Å². The predicted molar refractivity (Wildman–Crippen MR) is 88.6 cm³/mol. The molecule has 0 aromatic heterocycles. The number of fused-ring (bicyclic) bond motifs is 2. The highest BCUT2D eigenvalue weighted by molar-refractivity contribution is 5.95. The van der Waals surface area contributed by atoms with Gasteiger partial charge in [0.05, 0.1) is 11.6 Å². The van der Waals surface area contributed by atoms with Crippen molar-refractivity contribution in [3.8, 4) is 11.5 Å². The van der Waals surface area contributed by atoms with Gasteiger partial charge in [-0.05, 0) is 30.3 Å². The monoisotopic (exact) mass is 337 g/mol. The molecule has 1 aliphatic rings. The highest BCUT2D eigenvalue weighted by atomic mass is 19.1. The SMILES string of the molecule is O=C(NC1c2ccccc2Oc2ccccc21)c1cc(F)ccc1F. The van der Waals surface area contributed by atoms with Crippen LogP contribution in [0.2, 0.25) is 0 Å². The largest absolute Gasteiger partial charge is 0.457 e. The van der Waals surface area contributed by atoms with Crippen LogP contribution in [-0.4, -0.2) is 5.91 Å². The predicted octanol–water partition coefficient (Wildman–Crippen LogP) is 4.59. The molecule has 3 aromatic carbocycles. The number of carbonyl (C=O) groups excluding carboxylic acids is 1. The molecule has 3 nitrogen and oxygen atoms in total. The lowest BCUT2D eigenvalue weighted by Crippen LogP contribution is -2.31. The molecule has 0 spiro atoms. The number of hydrogen-bond acceptors (Lipinski definition) is 2. The molecule has 1 heterocycles. The summed E-state index contributed by atoms with van der Waals surface area (Å²) in [6.45, 7) is 0. The molecule has 0 aliphatic carbocycles. The van der Waals surface area contributed by atoms with Gasteiger partial charge in [0.2, 0.25) is 0 Å². The van der Waals surface area contributed by atoms with Crippen molar-refractivity contribution in [2.45, 2.75) is 6.04 Å². The molecule has 0 saturated heterocycles. The normalized spacial score (nSPS) is 12.7. The summed E-state index contributed by atoms with van der Waals surface area (Å²) in [5.41, 5.74) is 1.18. The molecule has 0 radical (unpaired) electrons. The first-order valence-electron chi connectivity index (χ1n) is 7.75. The van der Waals surface area contributed by atoms with Gasteiger partial charge in [0.25, 0.3) is 5.91 Å². The lowest BCUT2D eigenvalue weighted by molar-refractivity contribution is 0.0937. The van der Waals surface area contributed by atoms with Gasteiger partial charge in [-0.1, -0.05) is 36.4 Å². The van der Waals surface area contributed by atoms with Crippen molar-refractivity contribution in [1.29, 1.82) is 0 Å². The molecular weight excluding hydrogens is 324 g/mol. The van der Waals surface area contributed by atoms with Gasteiger partial charge in [-0.3, -0.25) is 4.79 Å². The summed E-state index contributed by atoms with van der Waals surface area (Å²) in [5.74, 6) is -0.891. The molecule has 1 amide bonds. The summed E-state index contributed by atoms with van der Waals surface area (Å²) in [4.78, 5) is 12.5. The highest BCUT2D eigenvalue weighted by Crippen LogP contribution is 2.42. The Labute approximate surface area is 142 Å². The van der Waals surface area contributed by atoms with E-state index in [2.05, 4.69) is 5.32 Å². The number of ether oxygens (including phenoxy) is 1. The minimum absolute atomic E-state index is 0.332. The second-order valence-electron chi connectivity index (χ2n) is 5.71. The number of amides is 1. The van der Waals surface area contributed by atoms with E-state index in [1.807, 2.05) is 36.4 Å². The minimum atomic E-state index is -0.771. The summed E-state index contributed by atoms with van der Waals surface area (Å²) in [6, 6.07) is 16.9. The number of para-hydroxylation sites is 2. The summed E-state index contributed by atoms with van der Waals surface area (Å²) in [6.07, 6.45) is 0. The van der Waals surface area contributed by atoms with Crippen molar-refractivity contribution >= 4 is 5.91 Å². The van der Waals surface area contributed by atoms with E-state index < -0.39 is 23.6 Å². The van der Waals surface area contributed by atoms with E-state index in [-0.39, 0.29) is 5.56 Å². The number of hydrogen-bond donors (Lipinski definition) is 1. The van der Waals surface area contributed by atoms with Gasteiger partial charge in [-0.15, -0.1) is 0 Å². The maximum Gasteiger partial charge on any atom is 0.255 e. The Balaban J connectivity index is 1.75. The van der Waals surface area contributed by atoms with Crippen LogP contribution in [0, 0.1) is 11.6 Å². The van der Waals surface area contributed by atoms with Crippen molar-refractivity contribution < 1.29 is 18.3 Å². The Hall–Kier alpha value is -3.21. The van der Waals surface area contributed by atoms with Crippen LogP contribution in [0.5, 0.6) is 11.5 Å². The van der Waals surface area contributed by atoms with Crippen LogP contribution in [0.15, 0.2) is 66.7 Å². The number of rotatable bonds is 2. The van der Waals surface area contributed by atoms with E-state index in [1.165, 1.54) is 0 Å². The number of nitrogens with one attached hydrogen (secondary N) is 1. The van der Waals surface area contributed by atoms with Gasteiger partial charge >= 0.3 is 0 Å². The average Bonchev–Trinajstić information content (AvgIpc) is 2.63. The second kappa shape index (κ2) is 6.02. The Morgan fingerprint density at radius 2 is 1.48 bits per heavy atom. The molecule has 0 saturated carbocycles. The average molecular weight is 337 g/mol. The molecule has 1 N–H and O–H groups in total. The Morgan fingerprint density at radius 1 is 0.880 bits per heavy atom. The molecule has 0 bridgehead atoms. The number of carbonyl (C=O) groups is 1. The third-order valence-electron chi connectivity index (χ3n) is 4.13. The molecule has 5 heteroatoms. The maximum atomic E-state index is 13.9. The Morgan fingerprint density at radius 3 is 2.12 bits per heavy atom. The van der Waals surface area contributed by atoms with E-state index in [0.717, 1.165) is 29.3 Å². The van der Waals surface area contributed by atoms with Crippen LogP contribution >= 0.6 is 0 Å². The van der Waals surface area contributed by atoms with Gasteiger partial charge in [0.1, 0.15) is 23.1 Å². The van der Waals surface area contributed by atoms with Crippen LogP contribution in [0.3, 0.4) is 0 Å². The third kappa shape index (κ3) is 2.74. The van der Waals surface area contributed by atoms with Gasteiger partial charge in [0, 0.05) is 11.1 Å². The summed E-state index contributed by atoms with van der Waals surface area (Å²) in [5, 5.41) is 2.79. The quantitative estimate of drug-likeness (QED) is 0.743. The zero-order valence-corrected chi connectivity index (χ0v) is 13.0. The maximum absolute atomic E-state index is 13.9. The molecule has 3 aromatic rings. The molecule has 0 unspecified atom stereocenters. The second-order valence-corrected chi connectivity index (χ2v) is 5.71. The zero-order valence-electron chi connectivity index (χ0n) is 13.0. The van der Waals surface area contributed by atoms with Crippen LogP contribution in [0.4, 0.5) is 8.78 Å². The smallest absolute Gasteiger partial charge is 0.255 e. The molecule has 124 valence electrons. The van der Waals surface area contributed by atoms with Gasteiger partial charge in [0.15, 0.2) is 0 Å². The topological polar surface area (TPSA) is 38.3 Å². The molecule has 25 heavy (non-hydrogen) atoms. The van der Waals surface area contributed by atoms with E-state index in [4.69, 9.17) is 4.74 Å². The molecule has 4 rings (SSSR count). The fourth-order valence-corrected chi connectivity index (χ4v) is 2.95. The van der Waals surface area contributed by atoms with Crippen molar-refractivity contribution in [3.05, 3.63) is 95.1 Å². The summed E-state index contributed by atoms with van der Waals surface area (Å²) < 4.78 is 33.2.